The van der Waals surface area contributed by atoms with Crippen molar-refractivity contribution < 1.29 is 5.11 Å². The Morgan fingerprint density at radius 3 is 1.40 bits per heavy atom. The Morgan fingerprint density at radius 2 is 1.40 bits per heavy atom. The van der Waals surface area contributed by atoms with Crippen LogP contribution in [0.15, 0.2) is 0 Å². The number of aliphatic hydroxyl groups is 1. The molecular weight excluding hydrogens is 70.0 g/mol. The van der Waals surface area contributed by atoms with Gasteiger partial charge in [-0.1, -0.05) is 0 Å². The van der Waals surface area contributed by atoms with Gasteiger partial charge in [0.05, 0.1) is 0 Å². The summed E-state index contributed by atoms with van der Waals surface area (Å²) in [5.41, 5.74) is 13.5. The first-order valence-corrected chi connectivity index (χ1v) is 0.847. The van der Waals surface area contributed by atoms with Gasteiger partial charge in [0.15, 0.2) is 0 Å². The quantitative estimate of drug-likeness (QED) is 0.253. The van der Waals surface area contributed by atoms with E-state index in [-0.39, 0.29) is 0 Å². The summed E-state index contributed by atoms with van der Waals surface area (Å²) in [6.45, 7) is 0. The van der Waals surface area contributed by atoms with Gasteiger partial charge in [0.1, 0.15) is 0 Å². The Morgan fingerprint density at radius 1 is 1.40 bits per heavy atom. The molecule has 0 aliphatic heterocycles. The molecule has 0 radical (unpaired) electrons. The second-order valence-electron chi connectivity index (χ2n) is 0.0894. The van der Waals surface area contributed by atoms with Crippen LogP contribution >= 0.6 is 0 Å². The molecule has 4 heteroatoms. The minimum atomic E-state index is 1.00. The minimum absolute atomic E-state index is 1.00. The van der Waals surface area contributed by atoms with Crippen LogP contribution in [0.1, 0.15) is 0 Å². The average Bonchev–Trinajstić information content (AvgIpc) is 1.46. The highest BCUT2D eigenvalue weighted by Gasteiger charge is 0.839. The highest BCUT2D eigenvalue weighted by molar-refractivity contribution is 4.36. The molecule has 5 heavy (non-hydrogen) atoms. The van der Waals surface area contributed by atoms with Crippen LogP contribution < -0.4 is 0 Å². The van der Waals surface area contributed by atoms with Crippen molar-refractivity contribution in [3.63, 3.8) is 0 Å². The van der Waals surface area contributed by atoms with Crippen molar-refractivity contribution in [2.45, 2.75) is 0 Å². The molecule has 0 aliphatic rings. The Bertz CT molecular complexity index is 27.9. The number of hydrogen-bond donors (Lipinski definition) is 1. The standard InChI is InChI=1S/CH4O.N3/c1-2;1-3-2/h2H,1H3;/q;-1. The van der Waals surface area contributed by atoms with Gasteiger partial charge in [0, 0.05) is 7.11 Å². The first-order valence-electron chi connectivity index (χ1n) is 0.847. The number of aliphatic hydroxyl groups excluding tert-OH is 1. The normalized spacial score (nSPS) is 2.80. The molecule has 0 aromatic heterocycles. The van der Waals surface area contributed by atoms with Crippen molar-refractivity contribution in [1.29, 1.82) is 0 Å². The second-order valence-corrected chi connectivity index (χ2v) is 0.0894. The SMILES string of the molecule is CO.[N-]=[N+]=[N-]. The van der Waals surface area contributed by atoms with E-state index in [0.717, 1.165) is 7.11 Å². The number of hydrogen-bond acceptors (Lipinski definition) is 1. The van der Waals surface area contributed by atoms with Gasteiger partial charge in [-0.25, -0.2) is 0 Å². The van der Waals surface area contributed by atoms with Crippen molar-refractivity contribution in [3.05, 3.63) is 16.0 Å². The first-order chi connectivity index (χ1) is 2.41. The molecule has 0 aliphatic carbocycles. The largest absolute Gasteiger partial charge is 0.400 e. The summed E-state index contributed by atoms with van der Waals surface area (Å²) >= 11 is 0. The molecule has 1 N–H and O–H groups in total. The Balaban J connectivity index is 0. The molecule has 0 unspecified atom stereocenters. The van der Waals surface area contributed by atoms with Crippen molar-refractivity contribution >= 4 is 0 Å². The summed E-state index contributed by atoms with van der Waals surface area (Å²) < 4.78 is 0. The lowest BCUT2D eigenvalue weighted by Gasteiger charge is -1.31. The van der Waals surface area contributed by atoms with E-state index >= 15 is 0 Å². The van der Waals surface area contributed by atoms with Crippen LogP contribution in [-0.2, 0) is 0 Å². The van der Waals surface area contributed by atoms with Gasteiger partial charge >= 0.3 is 0 Å². The monoisotopic (exact) mass is 74.0 g/mol. The van der Waals surface area contributed by atoms with E-state index in [0.29, 0.717) is 0 Å². The maximum absolute atomic E-state index is 7.00. The van der Waals surface area contributed by atoms with E-state index in [1.54, 1.807) is 0 Å². The Hall–Kier alpha value is -0.730. The molecule has 4 nitrogen and oxygen atoms in total. The molecular formula is CH4N3O-. The molecule has 0 spiro atoms. The zero-order chi connectivity index (χ0) is 4.71. The molecule has 0 saturated heterocycles. The van der Waals surface area contributed by atoms with E-state index in [4.69, 9.17) is 16.2 Å². The average molecular weight is 74.1 g/mol. The van der Waals surface area contributed by atoms with E-state index < -0.39 is 0 Å². The van der Waals surface area contributed by atoms with Gasteiger partial charge < -0.3 is 16.2 Å². The molecule has 0 heterocycles. The van der Waals surface area contributed by atoms with Crippen LogP contribution in [-0.4, -0.2) is 12.2 Å². The molecule has 0 aromatic carbocycles. The third-order valence-corrected chi connectivity index (χ3v) is 0. The van der Waals surface area contributed by atoms with E-state index in [1.807, 2.05) is 0 Å². The van der Waals surface area contributed by atoms with Gasteiger partial charge in [-0.05, 0) is 0 Å². The van der Waals surface area contributed by atoms with Crippen LogP contribution in [0.2, 0.25) is 0 Å². The Kier molecular flexibility index (Phi) is 410. The fourth-order valence-electron chi connectivity index (χ4n) is 0. The first kappa shape index (κ1) is 8.86. The third kappa shape index (κ3) is 9.90. The maximum Gasteiger partial charge on any atom is 0.0319 e. The molecule has 0 amide bonds. The lowest BCUT2D eigenvalue weighted by Crippen LogP contribution is -1.25. The lowest BCUT2D eigenvalue weighted by molar-refractivity contribution is 0.399. The van der Waals surface area contributed by atoms with Crippen LogP contribution in [0, 0.1) is 0 Å². The fourth-order valence-corrected chi connectivity index (χ4v) is 0. The molecule has 0 bridgehead atoms. The summed E-state index contributed by atoms with van der Waals surface area (Å²) in [5, 5.41) is 7.00. The van der Waals surface area contributed by atoms with Crippen molar-refractivity contribution in [2.24, 2.45) is 0 Å². The van der Waals surface area contributed by atoms with Crippen LogP contribution in [0.3, 0.4) is 0 Å². The molecule has 30 valence electrons. The van der Waals surface area contributed by atoms with Crippen molar-refractivity contribution in [1.82, 2.24) is 0 Å². The Labute approximate surface area is 29.5 Å². The van der Waals surface area contributed by atoms with Gasteiger partial charge in [0.2, 0.25) is 0 Å². The van der Waals surface area contributed by atoms with Crippen molar-refractivity contribution in [3.8, 4) is 0 Å². The topological polar surface area (TPSA) is 78.9 Å². The van der Waals surface area contributed by atoms with Crippen molar-refractivity contribution in [2.75, 3.05) is 7.11 Å². The second kappa shape index (κ2) is 231. The fraction of sp³-hybridized carbons (Fsp3) is 1.00. The molecule has 0 atom stereocenters. The highest BCUT2D eigenvalue weighted by atomic mass is 16.2. The molecule has 0 saturated carbocycles. The van der Waals surface area contributed by atoms with Gasteiger partial charge in [0.25, 0.3) is 0 Å². The summed E-state index contributed by atoms with van der Waals surface area (Å²) in [6.07, 6.45) is 0. The van der Waals surface area contributed by atoms with E-state index in [9.17, 15) is 0 Å². The molecule has 0 aromatic rings. The molecule has 0 fully saturated rings. The summed E-state index contributed by atoms with van der Waals surface area (Å²) in [4.78, 5) is 1.50. The number of rotatable bonds is 0. The predicted octanol–water partition coefficient (Wildman–Crippen LogP) is 0.475. The summed E-state index contributed by atoms with van der Waals surface area (Å²) in [5.74, 6) is 0. The van der Waals surface area contributed by atoms with Crippen LogP contribution in [0.4, 0.5) is 0 Å². The maximum atomic E-state index is 7.00. The zero-order valence-corrected chi connectivity index (χ0v) is 2.79. The smallest absolute Gasteiger partial charge is 0.0319 e. The zero-order valence-electron chi connectivity index (χ0n) is 2.79. The minimum Gasteiger partial charge on any atom is -0.400 e. The third-order valence-electron chi connectivity index (χ3n) is 0. The van der Waals surface area contributed by atoms with E-state index in [2.05, 4.69) is 0 Å². The van der Waals surface area contributed by atoms with Gasteiger partial charge in [-0.15, -0.1) is 0 Å². The summed E-state index contributed by atoms with van der Waals surface area (Å²) in [7, 11) is 1.00. The number of nitrogens with zero attached hydrogens (tertiary/aromatic N) is 3. The highest BCUT2D eigenvalue weighted by Crippen LogP contribution is 1.29. The van der Waals surface area contributed by atoms with Crippen LogP contribution in [0.25, 0.3) is 16.0 Å². The lowest BCUT2D eigenvalue weighted by atomic mass is 11.8. The van der Waals surface area contributed by atoms with E-state index in [1.165, 1.54) is 4.91 Å². The van der Waals surface area contributed by atoms with Gasteiger partial charge in [-0.3, -0.25) is 4.91 Å². The molecule has 0 rings (SSSR count). The van der Waals surface area contributed by atoms with Gasteiger partial charge in [-0.2, -0.15) is 0 Å². The van der Waals surface area contributed by atoms with Crippen LogP contribution in [0.5, 0.6) is 0 Å². The predicted molar refractivity (Wildman–Crippen MR) is 18.2 cm³/mol. The summed E-state index contributed by atoms with van der Waals surface area (Å²) in [6, 6.07) is 0.